The minimum Gasteiger partial charge on any atom is -0.347 e. The molecule has 0 spiro atoms. The van der Waals surface area contributed by atoms with Gasteiger partial charge in [0.25, 0.3) is 0 Å². The predicted octanol–water partition coefficient (Wildman–Crippen LogP) is 1.97. The van der Waals surface area contributed by atoms with Crippen LogP contribution in [0.15, 0.2) is 30.7 Å². The molecule has 0 saturated heterocycles. The molecular weight excluding hydrogens is 290 g/mol. The molecule has 0 radical (unpaired) electrons. The number of carbonyl (C=O) groups excluding carboxylic acids is 1. The summed E-state index contributed by atoms with van der Waals surface area (Å²) < 4.78 is 0. The van der Waals surface area contributed by atoms with Crippen molar-refractivity contribution in [3.8, 4) is 11.1 Å². The van der Waals surface area contributed by atoms with Gasteiger partial charge in [0.05, 0.1) is 12.2 Å². The number of carbonyl (C=O) groups is 1. The van der Waals surface area contributed by atoms with Gasteiger partial charge in [-0.15, -0.1) is 0 Å². The van der Waals surface area contributed by atoms with Crippen LogP contribution in [-0.2, 0) is 11.3 Å². The smallest absolute Gasteiger partial charge is 0.225 e. The number of nitrogens with zero attached hydrogens (tertiary/aromatic N) is 5. The summed E-state index contributed by atoms with van der Waals surface area (Å²) in [4.78, 5) is 29.0. The van der Waals surface area contributed by atoms with Crippen molar-refractivity contribution in [2.75, 3.05) is 26.0 Å². The number of hydrogen-bond donors (Lipinski definition) is 0. The van der Waals surface area contributed by atoms with Crippen molar-refractivity contribution in [3.05, 3.63) is 36.4 Å². The summed E-state index contributed by atoms with van der Waals surface area (Å²) in [5.41, 5.74) is 2.80. The Labute approximate surface area is 136 Å². The van der Waals surface area contributed by atoms with Gasteiger partial charge >= 0.3 is 0 Å². The normalized spacial score (nSPS) is 13.7. The first kappa shape index (κ1) is 15.4. The van der Waals surface area contributed by atoms with Gasteiger partial charge in [-0.1, -0.05) is 0 Å². The molecule has 6 nitrogen and oxygen atoms in total. The van der Waals surface area contributed by atoms with Crippen molar-refractivity contribution in [3.63, 3.8) is 0 Å². The Kier molecular flexibility index (Phi) is 4.23. The van der Waals surface area contributed by atoms with E-state index < -0.39 is 0 Å². The van der Waals surface area contributed by atoms with Gasteiger partial charge in [0.15, 0.2) is 0 Å². The Morgan fingerprint density at radius 2 is 1.91 bits per heavy atom. The maximum Gasteiger partial charge on any atom is 0.225 e. The number of amides is 1. The fourth-order valence-corrected chi connectivity index (χ4v) is 2.46. The van der Waals surface area contributed by atoms with Crippen molar-refractivity contribution >= 4 is 11.9 Å². The molecule has 2 aromatic heterocycles. The van der Waals surface area contributed by atoms with Crippen molar-refractivity contribution in [1.82, 2.24) is 19.9 Å². The Bertz CT molecular complexity index is 697. The lowest BCUT2D eigenvalue weighted by Gasteiger charge is -2.20. The van der Waals surface area contributed by atoms with Gasteiger partial charge in [-0.2, -0.15) is 0 Å². The van der Waals surface area contributed by atoms with Gasteiger partial charge in [0.1, 0.15) is 0 Å². The zero-order valence-corrected chi connectivity index (χ0v) is 13.7. The number of aromatic nitrogens is 3. The monoisotopic (exact) mass is 311 g/mol. The van der Waals surface area contributed by atoms with Crippen molar-refractivity contribution < 1.29 is 4.79 Å². The van der Waals surface area contributed by atoms with Crippen LogP contribution < -0.4 is 4.90 Å². The second kappa shape index (κ2) is 6.32. The molecule has 0 bridgehead atoms. The molecule has 1 aliphatic rings. The van der Waals surface area contributed by atoms with E-state index in [9.17, 15) is 4.79 Å². The molecule has 0 N–H and O–H groups in total. The Morgan fingerprint density at radius 1 is 1.22 bits per heavy atom. The number of hydrogen-bond acceptors (Lipinski definition) is 5. The average molecular weight is 311 g/mol. The first-order valence-corrected chi connectivity index (χ1v) is 7.75. The summed E-state index contributed by atoms with van der Waals surface area (Å²) in [6.07, 6.45) is 7.33. The minimum absolute atomic E-state index is 0.204. The topological polar surface area (TPSA) is 62.2 Å². The van der Waals surface area contributed by atoms with E-state index >= 15 is 0 Å². The van der Waals surface area contributed by atoms with Crippen LogP contribution in [0.4, 0.5) is 5.95 Å². The van der Waals surface area contributed by atoms with E-state index in [1.807, 2.05) is 44.4 Å². The number of pyridine rings is 1. The molecule has 1 fully saturated rings. The maximum atomic E-state index is 12.2. The molecule has 2 heterocycles. The lowest BCUT2D eigenvalue weighted by molar-refractivity contribution is -0.131. The molecule has 0 atom stereocenters. The van der Waals surface area contributed by atoms with Gasteiger partial charge in [-0.3, -0.25) is 9.78 Å². The minimum atomic E-state index is 0.204. The lowest BCUT2D eigenvalue weighted by atomic mass is 10.1. The molecule has 1 amide bonds. The molecule has 0 aliphatic heterocycles. The molecule has 1 aliphatic carbocycles. The molecular formula is C17H21N5O. The highest BCUT2D eigenvalue weighted by atomic mass is 16.2. The van der Waals surface area contributed by atoms with Gasteiger partial charge in [-0.05, 0) is 30.5 Å². The first-order chi connectivity index (χ1) is 11.1. The van der Waals surface area contributed by atoms with E-state index in [2.05, 4.69) is 15.0 Å². The van der Waals surface area contributed by atoms with E-state index in [4.69, 9.17) is 0 Å². The van der Waals surface area contributed by atoms with Crippen LogP contribution in [-0.4, -0.2) is 46.9 Å². The SMILES string of the molecule is CN(Cc1nc(N(C)C)ncc1-c1ccncc1)C(=O)C1CC1. The Balaban J connectivity index is 1.94. The van der Waals surface area contributed by atoms with Crippen LogP contribution in [0.2, 0.25) is 0 Å². The Hall–Kier alpha value is -2.50. The van der Waals surface area contributed by atoms with Gasteiger partial charge < -0.3 is 9.80 Å². The highest BCUT2D eigenvalue weighted by molar-refractivity contribution is 5.81. The molecule has 0 unspecified atom stereocenters. The third-order valence-electron chi connectivity index (χ3n) is 3.94. The van der Waals surface area contributed by atoms with E-state index in [-0.39, 0.29) is 11.8 Å². The van der Waals surface area contributed by atoms with Gasteiger partial charge in [-0.25, -0.2) is 9.97 Å². The fourth-order valence-electron chi connectivity index (χ4n) is 2.46. The fraction of sp³-hybridized carbons (Fsp3) is 0.412. The quantitative estimate of drug-likeness (QED) is 0.845. The summed E-state index contributed by atoms with van der Waals surface area (Å²) in [5.74, 6) is 1.06. The van der Waals surface area contributed by atoms with Crippen LogP contribution >= 0.6 is 0 Å². The summed E-state index contributed by atoms with van der Waals surface area (Å²) >= 11 is 0. The molecule has 3 rings (SSSR count). The third kappa shape index (κ3) is 3.47. The highest BCUT2D eigenvalue weighted by Crippen LogP contribution is 2.31. The molecule has 0 aromatic carbocycles. The second-order valence-electron chi connectivity index (χ2n) is 6.13. The second-order valence-corrected chi connectivity index (χ2v) is 6.13. The van der Waals surface area contributed by atoms with Crippen LogP contribution in [0.1, 0.15) is 18.5 Å². The van der Waals surface area contributed by atoms with Gasteiger partial charge in [0.2, 0.25) is 11.9 Å². The molecule has 23 heavy (non-hydrogen) atoms. The summed E-state index contributed by atoms with van der Waals surface area (Å²) in [7, 11) is 5.66. The maximum absolute atomic E-state index is 12.2. The van der Waals surface area contributed by atoms with E-state index in [1.165, 1.54) is 0 Å². The van der Waals surface area contributed by atoms with E-state index in [0.29, 0.717) is 12.5 Å². The Morgan fingerprint density at radius 3 is 2.52 bits per heavy atom. The van der Waals surface area contributed by atoms with Crippen LogP contribution in [0, 0.1) is 5.92 Å². The zero-order valence-electron chi connectivity index (χ0n) is 13.7. The van der Waals surface area contributed by atoms with Crippen LogP contribution in [0.3, 0.4) is 0 Å². The molecule has 2 aromatic rings. The number of anilines is 1. The lowest BCUT2D eigenvalue weighted by Crippen LogP contribution is -2.28. The first-order valence-electron chi connectivity index (χ1n) is 7.75. The van der Waals surface area contributed by atoms with Gasteiger partial charge in [0, 0.05) is 51.2 Å². The highest BCUT2D eigenvalue weighted by Gasteiger charge is 2.32. The van der Waals surface area contributed by atoms with E-state index in [1.54, 1.807) is 17.3 Å². The summed E-state index contributed by atoms with van der Waals surface area (Å²) in [6.45, 7) is 0.482. The largest absolute Gasteiger partial charge is 0.347 e. The summed E-state index contributed by atoms with van der Waals surface area (Å²) in [6, 6.07) is 3.86. The standard InChI is InChI=1S/C17H21N5O/c1-21(2)17-19-10-14(12-6-8-18-9-7-12)15(20-17)11-22(3)16(23)13-4-5-13/h6-10,13H,4-5,11H2,1-3H3. The van der Waals surface area contributed by atoms with E-state index in [0.717, 1.165) is 29.7 Å². The van der Waals surface area contributed by atoms with Crippen molar-refractivity contribution in [1.29, 1.82) is 0 Å². The average Bonchev–Trinajstić information content (AvgIpc) is 3.39. The van der Waals surface area contributed by atoms with Crippen molar-refractivity contribution in [2.45, 2.75) is 19.4 Å². The predicted molar refractivity (Wildman–Crippen MR) is 88.8 cm³/mol. The molecule has 6 heteroatoms. The zero-order chi connectivity index (χ0) is 16.4. The van der Waals surface area contributed by atoms with Crippen molar-refractivity contribution in [2.24, 2.45) is 5.92 Å². The van der Waals surface area contributed by atoms with Crippen LogP contribution in [0.5, 0.6) is 0 Å². The third-order valence-corrected chi connectivity index (χ3v) is 3.94. The summed E-state index contributed by atoms with van der Waals surface area (Å²) in [5, 5.41) is 0. The number of rotatable bonds is 5. The molecule has 120 valence electrons. The van der Waals surface area contributed by atoms with Crippen LogP contribution in [0.25, 0.3) is 11.1 Å². The molecule has 1 saturated carbocycles.